The Labute approximate surface area is 86.3 Å². The lowest BCUT2D eigenvalue weighted by atomic mass is 11.4. The second kappa shape index (κ2) is 6.62. The molecule has 0 amide bonds. The van der Waals surface area contributed by atoms with E-state index in [1.807, 2.05) is 0 Å². The molecule has 0 heterocycles. The van der Waals surface area contributed by atoms with Crippen molar-refractivity contribution in [3.63, 3.8) is 0 Å². The fourth-order valence-corrected chi connectivity index (χ4v) is 0.485. The SMILES string of the molecule is FC(F)(F)OOSOOOSC(F)(F)F. The van der Waals surface area contributed by atoms with E-state index in [2.05, 4.69) is 22.9 Å². The fourth-order valence-electron chi connectivity index (χ4n) is 0.139. The normalized spacial score (nSPS) is 13.2. The molecule has 0 aliphatic heterocycles. The molecular formula is C2F6O5S2. The molecule has 0 spiro atoms. The van der Waals surface area contributed by atoms with Gasteiger partial charge in [-0.05, 0) is 5.04 Å². The summed E-state index contributed by atoms with van der Waals surface area (Å²) in [5, 5.41) is 3.26. The quantitative estimate of drug-likeness (QED) is 0.244. The Bertz CT molecular complexity index is 152. The van der Waals surface area contributed by atoms with Gasteiger partial charge in [0.25, 0.3) is 0 Å². The summed E-state index contributed by atoms with van der Waals surface area (Å²) in [7, 11) is 0. The van der Waals surface area contributed by atoms with Crippen LogP contribution in [-0.4, -0.2) is 11.9 Å². The number of halogens is 6. The molecule has 0 aliphatic carbocycles. The van der Waals surface area contributed by atoms with Crippen LogP contribution in [-0.2, 0) is 22.9 Å². The Hall–Kier alpha value is 0.0800. The second-order valence-corrected chi connectivity index (χ2v) is 2.57. The molecule has 0 bridgehead atoms. The predicted molar refractivity (Wildman–Crippen MR) is 32.7 cm³/mol. The van der Waals surface area contributed by atoms with Crippen molar-refractivity contribution in [2.45, 2.75) is 11.9 Å². The first-order valence-electron chi connectivity index (χ1n) is 2.54. The summed E-state index contributed by atoms with van der Waals surface area (Å²) in [5.41, 5.74) is -4.74. The molecule has 0 N–H and O–H groups in total. The number of hydrogen-bond acceptors (Lipinski definition) is 7. The summed E-state index contributed by atoms with van der Waals surface area (Å²) in [5.74, 6) is 0. The van der Waals surface area contributed by atoms with E-state index in [4.69, 9.17) is 0 Å². The highest BCUT2D eigenvalue weighted by molar-refractivity contribution is 7.95. The van der Waals surface area contributed by atoms with Gasteiger partial charge in [0.2, 0.25) is 12.3 Å². The Morgan fingerprint density at radius 2 is 1.40 bits per heavy atom. The molecule has 0 fully saturated rings. The molecule has 0 aromatic heterocycles. The Balaban J connectivity index is 3.20. The molecule has 0 radical (unpaired) electrons. The monoisotopic (exact) mass is 282 g/mol. The smallest absolute Gasteiger partial charge is 0.158 e. The van der Waals surface area contributed by atoms with Crippen LogP contribution in [0.4, 0.5) is 26.3 Å². The number of hydrogen-bond donors (Lipinski definition) is 0. The minimum Gasteiger partial charge on any atom is -0.158 e. The summed E-state index contributed by atoms with van der Waals surface area (Å²) >= 11 is -1.62. The molecule has 0 aromatic carbocycles. The van der Waals surface area contributed by atoms with Crippen molar-refractivity contribution in [3.05, 3.63) is 0 Å². The highest BCUT2D eigenvalue weighted by Gasteiger charge is 2.32. The zero-order valence-electron chi connectivity index (χ0n) is 6.13. The molecule has 0 saturated carbocycles. The fraction of sp³-hybridized carbons (Fsp3) is 1.00. The molecule has 92 valence electrons. The van der Waals surface area contributed by atoms with Crippen LogP contribution in [0.25, 0.3) is 0 Å². The van der Waals surface area contributed by atoms with Crippen LogP contribution in [0.5, 0.6) is 0 Å². The van der Waals surface area contributed by atoms with Gasteiger partial charge in [0.1, 0.15) is 12.0 Å². The second-order valence-electron chi connectivity index (χ2n) is 1.40. The lowest BCUT2D eigenvalue weighted by Gasteiger charge is -2.04. The first-order valence-corrected chi connectivity index (χ1v) is 3.95. The maximum absolute atomic E-state index is 11.3. The molecule has 0 atom stereocenters. The number of alkyl halides is 6. The van der Waals surface area contributed by atoms with E-state index in [1.165, 1.54) is 0 Å². The first-order chi connectivity index (χ1) is 6.71. The van der Waals surface area contributed by atoms with E-state index in [0.29, 0.717) is 0 Å². The molecular weight excluding hydrogens is 282 g/mol. The topological polar surface area (TPSA) is 46.2 Å². The van der Waals surface area contributed by atoms with Gasteiger partial charge < -0.3 is 0 Å². The largest absolute Gasteiger partial charge is 0.550 e. The minimum absolute atomic E-state index is 0.539. The summed E-state index contributed by atoms with van der Waals surface area (Å²) in [4.78, 5) is 2.65. The predicted octanol–water partition coefficient (Wildman–Crippen LogP) is 3.07. The minimum atomic E-state index is -5.07. The maximum atomic E-state index is 11.3. The van der Waals surface area contributed by atoms with Crippen molar-refractivity contribution in [3.8, 4) is 0 Å². The highest BCUT2D eigenvalue weighted by atomic mass is 32.2. The maximum Gasteiger partial charge on any atom is 0.550 e. The average Bonchev–Trinajstić information content (AvgIpc) is 1.98. The van der Waals surface area contributed by atoms with Gasteiger partial charge in [-0.15, -0.1) is 26.7 Å². The van der Waals surface area contributed by atoms with E-state index in [0.717, 1.165) is 0 Å². The van der Waals surface area contributed by atoms with Crippen LogP contribution in [0.2, 0.25) is 0 Å². The van der Waals surface area contributed by atoms with E-state index >= 15 is 0 Å². The van der Waals surface area contributed by atoms with Gasteiger partial charge in [0.05, 0.1) is 0 Å². The molecule has 0 unspecified atom stereocenters. The van der Waals surface area contributed by atoms with Crippen LogP contribution < -0.4 is 0 Å². The van der Waals surface area contributed by atoms with Gasteiger partial charge >= 0.3 is 11.9 Å². The zero-order chi connectivity index (χ0) is 11.9. The van der Waals surface area contributed by atoms with Gasteiger partial charge in [0, 0.05) is 0 Å². The molecule has 5 nitrogen and oxygen atoms in total. The highest BCUT2D eigenvalue weighted by Crippen LogP contribution is 2.31. The summed E-state index contributed by atoms with van der Waals surface area (Å²) in [6.07, 6.45) is -5.07. The van der Waals surface area contributed by atoms with Gasteiger partial charge in [-0.2, -0.15) is 13.2 Å². The van der Waals surface area contributed by atoms with Gasteiger partial charge in [0.15, 0.2) is 0 Å². The van der Waals surface area contributed by atoms with Crippen molar-refractivity contribution in [2.24, 2.45) is 0 Å². The van der Waals surface area contributed by atoms with Crippen LogP contribution in [0, 0.1) is 0 Å². The lowest BCUT2D eigenvalue weighted by molar-refractivity contribution is -0.453. The van der Waals surface area contributed by atoms with Crippen molar-refractivity contribution < 1.29 is 49.3 Å². The first kappa shape index (κ1) is 15.1. The van der Waals surface area contributed by atoms with Crippen molar-refractivity contribution in [1.82, 2.24) is 0 Å². The van der Waals surface area contributed by atoms with Crippen LogP contribution >= 0.6 is 24.4 Å². The average molecular weight is 282 g/mol. The van der Waals surface area contributed by atoms with Gasteiger partial charge in [-0.3, -0.25) is 0 Å². The molecule has 0 aliphatic rings. The molecule has 13 heteroatoms. The third-order valence-corrected chi connectivity index (χ3v) is 0.915. The van der Waals surface area contributed by atoms with Crippen LogP contribution in [0.1, 0.15) is 0 Å². The molecule has 0 saturated heterocycles. The third-order valence-electron chi connectivity index (χ3n) is 0.368. The zero-order valence-corrected chi connectivity index (χ0v) is 7.76. The van der Waals surface area contributed by atoms with Crippen LogP contribution in [0.3, 0.4) is 0 Å². The Morgan fingerprint density at radius 1 is 0.800 bits per heavy atom. The standard InChI is InChI=1S/C2F6O5S2/c3-1(4,5)9-11-15-13-10-12-14-2(6,7)8. The Morgan fingerprint density at radius 3 is 1.87 bits per heavy atom. The molecule has 15 heavy (non-hydrogen) atoms. The van der Waals surface area contributed by atoms with Crippen molar-refractivity contribution in [2.75, 3.05) is 0 Å². The summed E-state index contributed by atoms with van der Waals surface area (Å²) in [6, 6.07) is 0. The Kier molecular flexibility index (Phi) is 6.65. The van der Waals surface area contributed by atoms with Gasteiger partial charge in [-0.25, -0.2) is 0 Å². The van der Waals surface area contributed by atoms with Crippen LogP contribution in [0.15, 0.2) is 0 Å². The summed E-state index contributed by atoms with van der Waals surface area (Å²) < 4.78 is 77.2. The molecule has 0 rings (SSSR count). The van der Waals surface area contributed by atoms with Crippen molar-refractivity contribution >= 4 is 24.4 Å². The van der Waals surface area contributed by atoms with E-state index in [9.17, 15) is 26.3 Å². The lowest BCUT2D eigenvalue weighted by Crippen LogP contribution is -2.11. The van der Waals surface area contributed by atoms with E-state index < -0.39 is 36.2 Å². The van der Waals surface area contributed by atoms with Gasteiger partial charge in [-0.1, -0.05) is 4.33 Å². The molecule has 0 aromatic rings. The number of rotatable bonds is 6. The van der Waals surface area contributed by atoms with E-state index in [1.54, 1.807) is 0 Å². The van der Waals surface area contributed by atoms with Crippen molar-refractivity contribution in [1.29, 1.82) is 0 Å². The van der Waals surface area contributed by atoms with E-state index in [-0.39, 0.29) is 0 Å². The summed E-state index contributed by atoms with van der Waals surface area (Å²) in [6.45, 7) is 0. The third kappa shape index (κ3) is 14.1.